The van der Waals surface area contributed by atoms with Crippen molar-refractivity contribution in [3.8, 4) is 17.2 Å². The second-order valence-electron chi connectivity index (χ2n) is 9.44. The fourth-order valence-corrected chi connectivity index (χ4v) is 3.97. The van der Waals surface area contributed by atoms with Gasteiger partial charge in [0.2, 0.25) is 5.75 Å². The van der Waals surface area contributed by atoms with Gasteiger partial charge in [-0.15, -0.1) is 0 Å². The molecule has 0 N–H and O–H groups in total. The van der Waals surface area contributed by atoms with Crippen LogP contribution in [0.5, 0.6) is 17.2 Å². The highest BCUT2D eigenvalue weighted by Crippen LogP contribution is 2.35. The third-order valence-corrected chi connectivity index (χ3v) is 6.12. The van der Waals surface area contributed by atoms with Crippen LogP contribution >= 0.6 is 0 Å². The zero-order valence-electron chi connectivity index (χ0n) is 22.7. The normalized spacial score (nSPS) is 11.5. The van der Waals surface area contributed by atoms with E-state index in [4.69, 9.17) is 14.2 Å². The fraction of sp³-hybridized carbons (Fsp3) is 0.567. The molecule has 0 aliphatic rings. The molecular weight excluding hydrogens is 438 g/mol. The second-order valence-corrected chi connectivity index (χ2v) is 9.44. The Bertz CT molecular complexity index is 1040. The van der Waals surface area contributed by atoms with Gasteiger partial charge >= 0.3 is 0 Å². The Morgan fingerprint density at radius 3 is 2.40 bits per heavy atom. The topological polar surface area (TPSA) is 49.7 Å². The van der Waals surface area contributed by atoms with Gasteiger partial charge in [-0.25, -0.2) is 0 Å². The van der Waals surface area contributed by atoms with Gasteiger partial charge in [-0.05, 0) is 64.7 Å². The molecular formula is C30H45NO4. The third kappa shape index (κ3) is 8.79. The molecule has 1 aromatic carbocycles. The maximum Gasteiger partial charge on any atom is 0.297 e. The van der Waals surface area contributed by atoms with E-state index >= 15 is 0 Å². The van der Waals surface area contributed by atoms with E-state index in [9.17, 15) is 4.79 Å². The van der Waals surface area contributed by atoms with E-state index in [-0.39, 0.29) is 5.56 Å². The number of allylic oxidation sites excluding steroid dienone is 3. The Morgan fingerprint density at radius 2 is 1.71 bits per heavy atom. The van der Waals surface area contributed by atoms with E-state index in [1.165, 1.54) is 24.0 Å². The summed E-state index contributed by atoms with van der Waals surface area (Å²) in [6, 6.07) is 5.82. The molecule has 5 nitrogen and oxygen atoms in total. The fourth-order valence-electron chi connectivity index (χ4n) is 3.97. The number of fused-ring (bicyclic) bond motifs is 1. The van der Waals surface area contributed by atoms with Gasteiger partial charge in [0.1, 0.15) is 12.4 Å². The van der Waals surface area contributed by atoms with E-state index in [1.807, 2.05) is 22.8 Å². The number of unbranched alkanes of at least 4 members (excludes halogenated alkanes) is 4. The van der Waals surface area contributed by atoms with Crippen LogP contribution in [0.25, 0.3) is 10.9 Å². The summed E-state index contributed by atoms with van der Waals surface area (Å²) >= 11 is 0. The lowest BCUT2D eigenvalue weighted by molar-refractivity contribution is 0.275. The van der Waals surface area contributed by atoms with Gasteiger partial charge in [0, 0.05) is 18.0 Å². The summed E-state index contributed by atoms with van der Waals surface area (Å²) in [6.45, 7) is 12.2. The number of aryl methyl sites for hydroxylation is 1. The number of pyridine rings is 1. The van der Waals surface area contributed by atoms with Crippen LogP contribution in [-0.2, 0) is 6.54 Å². The van der Waals surface area contributed by atoms with Crippen molar-refractivity contribution in [2.24, 2.45) is 0 Å². The maximum absolute atomic E-state index is 13.7. The van der Waals surface area contributed by atoms with E-state index in [0.29, 0.717) is 31.3 Å². The molecule has 1 heterocycles. The van der Waals surface area contributed by atoms with Crippen molar-refractivity contribution in [3.63, 3.8) is 0 Å². The largest absolute Gasteiger partial charge is 0.497 e. The van der Waals surface area contributed by atoms with Crippen molar-refractivity contribution in [2.45, 2.75) is 92.5 Å². The second kappa shape index (κ2) is 15.3. The summed E-state index contributed by atoms with van der Waals surface area (Å²) in [7, 11) is 1.64. The number of aromatic nitrogens is 1. The SMILES string of the molecule is CCCCCCOc1c(OC/C=C(\C)CCC=C(C)C)c(=O)n(CCCC)c2cc(OC)ccc12. The number of rotatable bonds is 16. The van der Waals surface area contributed by atoms with Gasteiger partial charge in [-0.2, -0.15) is 0 Å². The van der Waals surface area contributed by atoms with Crippen LogP contribution in [-0.4, -0.2) is 24.9 Å². The van der Waals surface area contributed by atoms with Crippen LogP contribution in [0.15, 0.2) is 46.3 Å². The Morgan fingerprint density at radius 1 is 0.943 bits per heavy atom. The molecule has 0 atom stereocenters. The van der Waals surface area contributed by atoms with Crippen molar-refractivity contribution in [3.05, 3.63) is 51.9 Å². The number of hydrogen-bond acceptors (Lipinski definition) is 4. The van der Waals surface area contributed by atoms with Gasteiger partial charge in [-0.1, -0.05) is 56.8 Å². The lowest BCUT2D eigenvalue weighted by Crippen LogP contribution is -2.24. The van der Waals surface area contributed by atoms with Crippen molar-refractivity contribution in [2.75, 3.05) is 20.3 Å². The van der Waals surface area contributed by atoms with Gasteiger partial charge in [-0.3, -0.25) is 4.79 Å². The molecule has 2 aromatic rings. The predicted molar refractivity (Wildman–Crippen MR) is 147 cm³/mol. The molecule has 0 fully saturated rings. The Hall–Kier alpha value is -2.69. The monoisotopic (exact) mass is 483 g/mol. The minimum absolute atomic E-state index is 0.140. The van der Waals surface area contributed by atoms with Crippen molar-refractivity contribution in [1.29, 1.82) is 0 Å². The molecule has 0 aliphatic heterocycles. The summed E-state index contributed by atoms with van der Waals surface area (Å²) in [5, 5.41) is 0.885. The molecule has 1 aromatic heterocycles. The van der Waals surface area contributed by atoms with E-state index in [2.05, 4.69) is 46.8 Å². The van der Waals surface area contributed by atoms with E-state index in [1.54, 1.807) is 7.11 Å². The number of benzene rings is 1. The summed E-state index contributed by atoms with van der Waals surface area (Å²) in [5.74, 6) is 1.58. The third-order valence-electron chi connectivity index (χ3n) is 6.12. The summed E-state index contributed by atoms with van der Waals surface area (Å²) < 4.78 is 19.7. The first-order valence-electron chi connectivity index (χ1n) is 13.2. The number of nitrogens with zero attached hydrogens (tertiary/aromatic N) is 1. The molecule has 0 spiro atoms. The molecule has 35 heavy (non-hydrogen) atoms. The lowest BCUT2D eigenvalue weighted by Gasteiger charge is -2.19. The zero-order valence-corrected chi connectivity index (χ0v) is 22.7. The Kier molecular flexibility index (Phi) is 12.5. The molecule has 0 amide bonds. The molecule has 2 rings (SSSR count). The molecule has 0 radical (unpaired) electrons. The van der Waals surface area contributed by atoms with Gasteiger partial charge < -0.3 is 18.8 Å². The van der Waals surface area contributed by atoms with E-state index < -0.39 is 0 Å². The summed E-state index contributed by atoms with van der Waals surface area (Å²) in [5.41, 5.74) is 3.27. The quantitative estimate of drug-likeness (QED) is 0.180. The van der Waals surface area contributed by atoms with E-state index in [0.717, 1.165) is 55.2 Å². The minimum atomic E-state index is -0.140. The van der Waals surface area contributed by atoms with Crippen molar-refractivity contribution >= 4 is 10.9 Å². The number of hydrogen-bond donors (Lipinski definition) is 0. The Labute approximate surface area is 211 Å². The first kappa shape index (κ1) is 28.5. The molecule has 5 heteroatoms. The molecule has 0 bridgehead atoms. The standard InChI is InChI=1S/C30H45NO4/c1-7-9-11-12-20-34-28-26-17-16-25(33-6)22-27(26)31(19-10-8-2)30(32)29(28)35-21-18-24(5)15-13-14-23(3)4/h14,16-18,22H,7-13,15,19-21H2,1-6H3/b24-18+. The number of ether oxygens (including phenoxy) is 3. The highest BCUT2D eigenvalue weighted by molar-refractivity contribution is 5.89. The smallest absolute Gasteiger partial charge is 0.297 e. The molecule has 0 saturated carbocycles. The first-order valence-corrected chi connectivity index (χ1v) is 13.2. The van der Waals surface area contributed by atoms with Gasteiger partial charge in [0.05, 0.1) is 19.2 Å². The minimum Gasteiger partial charge on any atom is -0.497 e. The molecule has 194 valence electrons. The van der Waals surface area contributed by atoms with Crippen LogP contribution in [0.3, 0.4) is 0 Å². The van der Waals surface area contributed by atoms with Gasteiger partial charge in [0.25, 0.3) is 5.56 Å². The van der Waals surface area contributed by atoms with Gasteiger partial charge in [0.15, 0.2) is 5.75 Å². The first-order chi connectivity index (χ1) is 16.9. The summed E-state index contributed by atoms with van der Waals surface area (Å²) in [6.07, 6.45) is 12.6. The van der Waals surface area contributed by atoms with Crippen molar-refractivity contribution in [1.82, 2.24) is 4.57 Å². The molecule has 0 aliphatic carbocycles. The van der Waals surface area contributed by atoms with Crippen molar-refractivity contribution < 1.29 is 14.2 Å². The average Bonchev–Trinajstić information content (AvgIpc) is 2.84. The molecule has 0 unspecified atom stereocenters. The maximum atomic E-state index is 13.7. The predicted octanol–water partition coefficient (Wildman–Crippen LogP) is 7.84. The Balaban J connectivity index is 2.43. The lowest BCUT2D eigenvalue weighted by atomic mass is 10.1. The molecule has 0 saturated heterocycles. The highest BCUT2D eigenvalue weighted by atomic mass is 16.5. The van der Waals surface area contributed by atoms with Crippen LogP contribution < -0.4 is 19.8 Å². The number of methoxy groups -OCH3 is 1. The van der Waals surface area contributed by atoms with Crippen LogP contribution in [0.1, 0.15) is 86.0 Å². The zero-order chi connectivity index (χ0) is 25.6. The van der Waals surface area contributed by atoms with Crippen LogP contribution in [0.2, 0.25) is 0 Å². The van der Waals surface area contributed by atoms with Crippen LogP contribution in [0.4, 0.5) is 0 Å². The van der Waals surface area contributed by atoms with Crippen LogP contribution in [0, 0.1) is 0 Å². The highest BCUT2D eigenvalue weighted by Gasteiger charge is 2.20. The summed E-state index contributed by atoms with van der Waals surface area (Å²) in [4.78, 5) is 13.7. The average molecular weight is 484 g/mol.